The topological polar surface area (TPSA) is 35.8 Å². The molecular weight excluding hydrogens is 191 g/mol. The first-order valence-corrected chi connectivity index (χ1v) is 4.77. The Morgan fingerprint density at radius 3 is 2.93 bits per heavy atom. The van der Waals surface area contributed by atoms with Gasteiger partial charge in [-0.25, -0.2) is 4.39 Å². The number of halogens is 1. The van der Waals surface area contributed by atoms with Gasteiger partial charge in [0.25, 0.3) is 0 Å². The number of anilines is 1. The van der Waals surface area contributed by atoms with Crippen LogP contribution < -0.4 is 5.32 Å². The summed E-state index contributed by atoms with van der Waals surface area (Å²) in [4.78, 5) is 0. The average Bonchev–Trinajstić information content (AvgIpc) is 2.26. The number of hydrogen-bond acceptors (Lipinski definition) is 2. The first kappa shape index (κ1) is 11.3. The van der Waals surface area contributed by atoms with Crippen LogP contribution in [-0.2, 0) is 0 Å². The van der Waals surface area contributed by atoms with E-state index in [-0.39, 0.29) is 0 Å². The number of rotatable bonds is 4. The van der Waals surface area contributed by atoms with Gasteiger partial charge in [0.05, 0.1) is 11.3 Å². The molecule has 2 nitrogen and oxygen atoms in total. The first-order valence-electron chi connectivity index (χ1n) is 4.77. The lowest BCUT2D eigenvalue weighted by Gasteiger charge is -2.08. The van der Waals surface area contributed by atoms with Crippen molar-refractivity contribution in [3.63, 3.8) is 0 Å². The highest BCUT2D eigenvalue weighted by molar-refractivity contribution is 5.57. The molecule has 78 valence electrons. The summed E-state index contributed by atoms with van der Waals surface area (Å²) in [6.07, 6.45) is 0.885. The summed E-state index contributed by atoms with van der Waals surface area (Å²) in [5.74, 6) is -0.397. The molecule has 1 aromatic carbocycles. The van der Waals surface area contributed by atoms with Crippen LogP contribution in [0.25, 0.3) is 0 Å². The van der Waals surface area contributed by atoms with Gasteiger partial charge in [0.1, 0.15) is 11.9 Å². The minimum Gasteiger partial charge on any atom is -0.380 e. The van der Waals surface area contributed by atoms with Crippen LogP contribution in [0.4, 0.5) is 10.1 Å². The third-order valence-corrected chi connectivity index (χ3v) is 2.13. The summed E-state index contributed by atoms with van der Waals surface area (Å²) in [7, 11) is 0. The molecule has 0 aliphatic heterocycles. The van der Waals surface area contributed by atoms with Gasteiger partial charge in [0.15, 0.2) is 0 Å². The van der Waals surface area contributed by atoms with Gasteiger partial charge >= 0.3 is 0 Å². The highest BCUT2D eigenvalue weighted by Gasteiger charge is 2.02. The zero-order chi connectivity index (χ0) is 11.3. The number of benzene rings is 1. The Labute approximate surface area is 89.0 Å². The Morgan fingerprint density at radius 1 is 1.60 bits per heavy atom. The summed E-state index contributed by atoms with van der Waals surface area (Å²) in [6, 6.07) is 6.06. The Balaban J connectivity index is 2.77. The summed E-state index contributed by atoms with van der Waals surface area (Å²) >= 11 is 0. The maximum absolute atomic E-state index is 12.8. The monoisotopic (exact) mass is 204 g/mol. The number of nitriles is 1. The van der Waals surface area contributed by atoms with E-state index in [0.717, 1.165) is 12.0 Å². The molecule has 0 fully saturated rings. The van der Waals surface area contributed by atoms with E-state index in [9.17, 15) is 4.39 Å². The maximum Gasteiger partial charge on any atom is 0.124 e. The Hall–Kier alpha value is -1.82. The van der Waals surface area contributed by atoms with Crippen molar-refractivity contribution in [1.29, 1.82) is 5.26 Å². The lowest BCUT2D eigenvalue weighted by atomic mass is 10.1. The van der Waals surface area contributed by atoms with Crippen molar-refractivity contribution in [1.82, 2.24) is 0 Å². The van der Waals surface area contributed by atoms with E-state index >= 15 is 0 Å². The molecule has 15 heavy (non-hydrogen) atoms. The molecular formula is C12H13FN2. The van der Waals surface area contributed by atoms with Gasteiger partial charge in [-0.2, -0.15) is 5.26 Å². The van der Waals surface area contributed by atoms with Crippen LogP contribution in [0.1, 0.15) is 18.9 Å². The van der Waals surface area contributed by atoms with E-state index in [1.54, 1.807) is 6.07 Å². The summed E-state index contributed by atoms with van der Waals surface area (Å²) in [5.41, 5.74) is 2.01. The molecule has 1 rings (SSSR count). The Kier molecular flexibility index (Phi) is 3.87. The van der Waals surface area contributed by atoms with Gasteiger partial charge in [-0.3, -0.25) is 0 Å². The zero-order valence-corrected chi connectivity index (χ0v) is 8.68. The van der Waals surface area contributed by atoms with Crippen LogP contribution in [0.2, 0.25) is 0 Å². The van der Waals surface area contributed by atoms with Crippen LogP contribution in [0.3, 0.4) is 0 Å². The predicted molar refractivity (Wildman–Crippen MR) is 59.0 cm³/mol. The number of nitrogens with zero attached hydrogens (tertiary/aromatic N) is 1. The minimum atomic E-state index is -0.397. The second-order valence-corrected chi connectivity index (χ2v) is 3.26. The van der Waals surface area contributed by atoms with E-state index in [1.165, 1.54) is 12.1 Å². The number of nitrogens with one attached hydrogen (secondary N) is 1. The second-order valence-electron chi connectivity index (χ2n) is 3.26. The zero-order valence-electron chi connectivity index (χ0n) is 8.68. The fraction of sp³-hybridized carbons (Fsp3) is 0.250. The summed E-state index contributed by atoms with van der Waals surface area (Å²) in [5, 5.41) is 11.8. The van der Waals surface area contributed by atoms with Crippen molar-refractivity contribution >= 4 is 5.69 Å². The van der Waals surface area contributed by atoms with E-state index < -0.39 is 5.82 Å². The summed E-state index contributed by atoms with van der Waals surface area (Å²) < 4.78 is 12.8. The second kappa shape index (κ2) is 5.16. The van der Waals surface area contributed by atoms with Crippen molar-refractivity contribution in [3.05, 3.63) is 41.7 Å². The summed E-state index contributed by atoms with van der Waals surface area (Å²) in [6.45, 7) is 6.46. The fourth-order valence-electron chi connectivity index (χ4n) is 1.11. The highest BCUT2D eigenvalue weighted by Crippen LogP contribution is 2.16. The van der Waals surface area contributed by atoms with Gasteiger partial charge in [-0.05, 0) is 24.6 Å². The molecule has 1 N–H and O–H groups in total. The van der Waals surface area contributed by atoms with Crippen molar-refractivity contribution in [3.8, 4) is 6.07 Å². The van der Waals surface area contributed by atoms with Crippen molar-refractivity contribution < 1.29 is 4.39 Å². The van der Waals surface area contributed by atoms with Crippen LogP contribution >= 0.6 is 0 Å². The normalized spacial score (nSPS) is 9.40. The quantitative estimate of drug-likeness (QED) is 0.765. The Bertz CT molecular complexity index is 405. The molecule has 0 radical (unpaired) electrons. The van der Waals surface area contributed by atoms with E-state index in [1.807, 2.05) is 13.0 Å². The van der Waals surface area contributed by atoms with Crippen molar-refractivity contribution in [2.45, 2.75) is 13.3 Å². The first-order chi connectivity index (χ1) is 7.17. The van der Waals surface area contributed by atoms with Crippen LogP contribution in [-0.4, -0.2) is 6.54 Å². The molecule has 0 aliphatic rings. The highest BCUT2D eigenvalue weighted by atomic mass is 19.1. The third-order valence-electron chi connectivity index (χ3n) is 2.13. The molecule has 0 spiro atoms. The molecule has 0 unspecified atom stereocenters. The maximum atomic E-state index is 12.8. The lowest BCUT2D eigenvalue weighted by Crippen LogP contribution is -2.05. The molecule has 0 atom stereocenters. The Morgan fingerprint density at radius 2 is 2.33 bits per heavy atom. The van der Waals surface area contributed by atoms with E-state index in [2.05, 4.69) is 11.9 Å². The van der Waals surface area contributed by atoms with Crippen molar-refractivity contribution in [2.24, 2.45) is 0 Å². The van der Waals surface area contributed by atoms with Gasteiger partial charge < -0.3 is 5.32 Å². The van der Waals surface area contributed by atoms with E-state index in [0.29, 0.717) is 17.8 Å². The van der Waals surface area contributed by atoms with Crippen LogP contribution in [0, 0.1) is 17.1 Å². The van der Waals surface area contributed by atoms with Crippen LogP contribution in [0.5, 0.6) is 0 Å². The fourth-order valence-corrected chi connectivity index (χ4v) is 1.11. The lowest BCUT2D eigenvalue weighted by molar-refractivity contribution is 0.627. The van der Waals surface area contributed by atoms with Crippen molar-refractivity contribution in [2.75, 3.05) is 11.9 Å². The van der Waals surface area contributed by atoms with Gasteiger partial charge in [-0.15, -0.1) is 0 Å². The molecule has 0 aromatic heterocycles. The van der Waals surface area contributed by atoms with Gasteiger partial charge in [0.2, 0.25) is 0 Å². The van der Waals surface area contributed by atoms with Crippen LogP contribution in [0.15, 0.2) is 30.4 Å². The molecule has 0 aliphatic carbocycles. The van der Waals surface area contributed by atoms with Gasteiger partial charge in [-0.1, -0.05) is 19.1 Å². The molecule has 0 bridgehead atoms. The standard InChI is InChI=1S/C12H13FN2/c1-3-9(2)8-15-12-5-4-11(13)6-10(12)7-14/h4-6,15H,2-3,8H2,1H3. The smallest absolute Gasteiger partial charge is 0.124 e. The average molecular weight is 204 g/mol. The molecule has 0 saturated heterocycles. The molecule has 0 saturated carbocycles. The molecule has 0 heterocycles. The predicted octanol–water partition coefficient (Wildman–Crippen LogP) is 3.08. The third kappa shape index (κ3) is 3.10. The van der Waals surface area contributed by atoms with Gasteiger partial charge in [0, 0.05) is 6.54 Å². The molecule has 0 amide bonds. The number of hydrogen-bond donors (Lipinski definition) is 1. The largest absolute Gasteiger partial charge is 0.380 e. The SMILES string of the molecule is C=C(CC)CNc1ccc(F)cc1C#N. The van der Waals surface area contributed by atoms with E-state index in [4.69, 9.17) is 5.26 Å². The minimum absolute atomic E-state index is 0.318. The molecule has 3 heteroatoms. The molecule has 1 aromatic rings.